The average Bonchev–Trinajstić information content (AvgIpc) is 3.11. The number of carbonyl (C=O) groups excluding carboxylic acids is 1. The summed E-state index contributed by atoms with van der Waals surface area (Å²) in [5, 5.41) is 4.58. The summed E-state index contributed by atoms with van der Waals surface area (Å²) < 4.78 is 8.96. The maximum Gasteiger partial charge on any atom is 0.274 e. The second-order valence-electron chi connectivity index (χ2n) is 6.78. The Kier molecular flexibility index (Phi) is 5.11. The number of hydrogen-bond donors (Lipinski definition) is 0. The molecule has 1 fully saturated rings. The number of ether oxygens (including phenoxy) is 1. The van der Waals surface area contributed by atoms with Gasteiger partial charge in [-0.3, -0.25) is 9.48 Å². The number of nitrogens with zero attached hydrogens (tertiary/aromatic N) is 4. The summed E-state index contributed by atoms with van der Waals surface area (Å²) >= 11 is 3.46. The van der Waals surface area contributed by atoms with Crippen LogP contribution >= 0.6 is 15.9 Å². The first kappa shape index (κ1) is 17.7. The zero-order valence-electron chi connectivity index (χ0n) is 14.9. The number of aromatic nitrogens is 2. The molecule has 26 heavy (non-hydrogen) atoms. The van der Waals surface area contributed by atoms with Gasteiger partial charge in [-0.2, -0.15) is 5.10 Å². The third kappa shape index (κ3) is 3.56. The van der Waals surface area contributed by atoms with Crippen LogP contribution in [-0.2, 0) is 17.9 Å². The fourth-order valence-corrected chi connectivity index (χ4v) is 3.80. The Balaban J connectivity index is 1.46. The van der Waals surface area contributed by atoms with Crippen LogP contribution < -0.4 is 0 Å². The van der Waals surface area contributed by atoms with Crippen molar-refractivity contribution in [3.63, 3.8) is 0 Å². The number of benzene rings is 1. The number of hydrogen-bond acceptors (Lipinski definition) is 4. The molecular weight excluding hydrogens is 396 g/mol. The summed E-state index contributed by atoms with van der Waals surface area (Å²) in [6.45, 7) is 7.71. The van der Waals surface area contributed by atoms with Crippen molar-refractivity contribution in [3.05, 3.63) is 51.8 Å². The van der Waals surface area contributed by atoms with Gasteiger partial charge in [-0.25, -0.2) is 0 Å². The minimum atomic E-state index is -0.0356. The Morgan fingerprint density at radius 3 is 2.65 bits per heavy atom. The summed E-state index contributed by atoms with van der Waals surface area (Å²) in [4.78, 5) is 17.1. The molecule has 1 unspecified atom stereocenters. The summed E-state index contributed by atoms with van der Waals surface area (Å²) in [7, 11) is 0. The first-order valence-electron chi connectivity index (χ1n) is 9.09. The van der Waals surface area contributed by atoms with E-state index in [0.29, 0.717) is 18.8 Å². The van der Waals surface area contributed by atoms with Crippen LogP contribution in [0, 0.1) is 0 Å². The van der Waals surface area contributed by atoms with Crippen molar-refractivity contribution in [3.8, 4) is 0 Å². The van der Waals surface area contributed by atoms with Crippen LogP contribution in [-0.4, -0.2) is 58.2 Å². The molecule has 138 valence electrons. The molecule has 1 aromatic heterocycles. The number of halogens is 1. The largest absolute Gasteiger partial charge is 0.365 e. The van der Waals surface area contributed by atoms with Crippen LogP contribution in [0.3, 0.4) is 0 Å². The molecule has 2 aliphatic rings. The molecule has 0 bridgehead atoms. The van der Waals surface area contributed by atoms with E-state index in [1.54, 1.807) is 0 Å². The van der Waals surface area contributed by atoms with Gasteiger partial charge in [-0.15, -0.1) is 0 Å². The third-order valence-electron chi connectivity index (χ3n) is 5.20. The first-order valence-corrected chi connectivity index (χ1v) is 9.88. The number of amides is 1. The van der Waals surface area contributed by atoms with Crippen molar-refractivity contribution in [2.24, 2.45) is 0 Å². The molecule has 1 aromatic carbocycles. The van der Waals surface area contributed by atoms with Crippen molar-refractivity contribution in [2.75, 3.05) is 32.7 Å². The van der Waals surface area contributed by atoms with Gasteiger partial charge >= 0.3 is 0 Å². The van der Waals surface area contributed by atoms with Crippen molar-refractivity contribution in [1.29, 1.82) is 0 Å². The van der Waals surface area contributed by atoms with E-state index in [9.17, 15) is 4.79 Å². The lowest BCUT2D eigenvalue weighted by Crippen LogP contribution is -2.48. The number of piperazine rings is 1. The van der Waals surface area contributed by atoms with Crippen molar-refractivity contribution < 1.29 is 9.53 Å². The fraction of sp³-hybridized carbons (Fsp3) is 0.474. The van der Waals surface area contributed by atoms with Crippen molar-refractivity contribution >= 4 is 21.8 Å². The highest BCUT2D eigenvalue weighted by Gasteiger charge is 2.27. The molecule has 0 aliphatic carbocycles. The number of fused-ring (bicyclic) bond motifs is 1. The topological polar surface area (TPSA) is 50.6 Å². The molecule has 1 atom stereocenters. The predicted molar refractivity (Wildman–Crippen MR) is 102 cm³/mol. The average molecular weight is 419 g/mol. The van der Waals surface area contributed by atoms with E-state index >= 15 is 0 Å². The SMILES string of the molecule is CCN1CCN(C(=O)c2cc3n(n2)CC(c2ccc(Br)cc2)OC3)CC1. The Morgan fingerprint density at radius 2 is 1.96 bits per heavy atom. The molecule has 2 aliphatic heterocycles. The van der Waals surface area contributed by atoms with Crippen LogP contribution in [0.25, 0.3) is 0 Å². The van der Waals surface area contributed by atoms with Gasteiger partial charge in [0.05, 0.1) is 18.8 Å². The summed E-state index contributed by atoms with van der Waals surface area (Å²) in [5.74, 6) is 0.0304. The standard InChI is InChI=1S/C19H23BrN4O2/c1-2-22-7-9-23(10-8-22)19(25)17-11-16-13-26-18(12-24(16)21-17)14-3-5-15(20)6-4-14/h3-6,11,18H,2,7-10,12-13H2,1H3. The van der Waals surface area contributed by atoms with E-state index in [4.69, 9.17) is 4.74 Å². The van der Waals surface area contributed by atoms with Gasteiger partial charge in [-0.1, -0.05) is 35.0 Å². The second-order valence-corrected chi connectivity index (χ2v) is 7.70. The van der Waals surface area contributed by atoms with Gasteiger partial charge in [0.15, 0.2) is 5.69 Å². The molecule has 6 nitrogen and oxygen atoms in total. The Morgan fingerprint density at radius 1 is 1.23 bits per heavy atom. The van der Waals surface area contributed by atoms with Crippen LogP contribution in [0.4, 0.5) is 0 Å². The predicted octanol–water partition coefficient (Wildman–Crippen LogP) is 2.69. The lowest BCUT2D eigenvalue weighted by atomic mass is 10.1. The number of carbonyl (C=O) groups is 1. The lowest BCUT2D eigenvalue weighted by Gasteiger charge is -2.33. The summed E-state index contributed by atoms with van der Waals surface area (Å²) in [6, 6.07) is 10.0. The third-order valence-corrected chi connectivity index (χ3v) is 5.73. The van der Waals surface area contributed by atoms with Crippen molar-refractivity contribution in [2.45, 2.75) is 26.2 Å². The highest BCUT2D eigenvalue weighted by Crippen LogP contribution is 2.27. The van der Waals surface area contributed by atoms with Gasteiger partial charge in [0, 0.05) is 30.7 Å². The van der Waals surface area contributed by atoms with Crippen LogP contribution in [0.2, 0.25) is 0 Å². The van der Waals surface area contributed by atoms with Gasteiger partial charge in [0.1, 0.15) is 6.10 Å². The van der Waals surface area contributed by atoms with Crippen LogP contribution in [0.1, 0.15) is 34.8 Å². The molecule has 0 radical (unpaired) electrons. The smallest absolute Gasteiger partial charge is 0.274 e. The molecular formula is C19H23BrN4O2. The zero-order chi connectivity index (χ0) is 18.1. The maximum absolute atomic E-state index is 12.8. The van der Waals surface area contributed by atoms with E-state index in [0.717, 1.165) is 48.5 Å². The Bertz CT molecular complexity index is 781. The van der Waals surface area contributed by atoms with E-state index in [1.807, 2.05) is 27.8 Å². The van der Waals surface area contributed by atoms with Gasteiger partial charge < -0.3 is 14.5 Å². The van der Waals surface area contributed by atoms with Gasteiger partial charge in [0.2, 0.25) is 0 Å². The lowest BCUT2D eigenvalue weighted by molar-refractivity contribution is -0.00123. The van der Waals surface area contributed by atoms with E-state index < -0.39 is 0 Å². The Hall–Kier alpha value is -1.70. The quantitative estimate of drug-likeness (QED) is 0.768. The molecule has 4 rings (SSSR count). The minimum Gasteiger partial charge on any atom is -0.365 e. The van der Waals surface area contributed by atoms with Crippen molar-refractivity contribution in [1.82, 2.24) is 19.6 Å². The summed E-state index contributed by atoms with van der Waals surface area (Å²) in [5.41, 5.74) is 2.62. The molecule has 2 aromatic rings. The molecule has 7 heteroatoms. The first-order chi connectivity index (χ1) is 12.6. The van der Waals surface area contributed by atoms with E-state index in [2.05, 4.69) is 45.0 Å². The maximum atomic E-state index is 12.8. The van der Waals surface area contributed by atoms with E-state index in [1.165, 1.54) is 0 Å². The highest BCUT2D eigenvalue weighted by molar-refractivity contribution is 9.10. The molecule has 0 saturated carbocycles. The number of rotatable bonds is 3. The highest BCUT2D eigenvalue weighted by atomic mass is 79.9. The van der Waals surface area contributed by atoms with E-state index in [-0.39, 0.29) is 12.0 Å². The zero-order valence-corrected chi connectivity index (χ0v) is 16.5. The van der Waals surface area contributed by atoms with Gasteiger partial charge in [0.25, 0.3) is 5.91 Å². The minimum absolute atomic E-state index is 0.0304. The Labute approximate surface area is 161 Å². The molecule has 1 amide bonds. The van der Waals surface area contributed by atoms with Crippen LogP contribution in [0.15, 0.2) is 34.8 Å². The summed E-state index contributed by atoms with van der Waals surface area (Å²) in [6.07, 6.45) is -0.0356. The molecule has 0 spiro atoms. The van der Waals surface area contributed by atoms with Crippen LogP contribution in [0.5, 0.6) is 0 Å². The number of likely N-dealkylation sites (N-methyl/N-ethyl adjacent to an activating group) is 1. The second kappa shape index (κ2) is 7.50. The molecule has 3 heterocycles. The molecule has 1 saturated heterocycles. The molecule has 0 N–H and O–H groups in total. The fourth-order valence-electron chi connectivity index (χ4n) is 3.54. The van der Waals surface area contributed by atoms with Gasteiger partial charge in [-0.05, 0) is 30.3 Å². The normalized spacial score (nSPS) is 20.8. The monoisotopic (exact) mass is 418 g/mol.